The fourth-order valence-electron chi connectivity index (χ4n) is 2.00. The molecule has 0 aliphatic heterocycles. The van der Waals surface area contributed by atoms with E-state index >= 15 is 0 Å². The zero-order chi connectivity index (χ0) is 13.9. The van der Waals surface area contributed by atoms with Crippen LogP contribution in [0.3, 0.4) is 0 Å². The Morgan fingerprint density at radius 1 is 0.842 bits per heavy atom. The Balaban J connectivity index is 1.98. The minimum absolute atomic E-state index is 0.225. The number of hydrogen-bond donors (Lipinski definition) is 1. The van der Waals surface area contributed by atoms with Crippen LogP contribution in [-0.4, -0.2) is 0 Å². The molecule has 0 spiro atoms. The topological polar surface area (TPSA) is 12.0 Å². The van der Waals surface area contributed by atoms with Gasteiger partial charge in [0, 0.05) is 12.2 Å². The Morgan fingerprint density at radius 3 is 1.95 bits per heavy atom. The Bertz CT molecular complexity index is 515. The van der Waals surface area contributed by atoms with Crippen LogP contribution >= 0.6 is 0 Å². The van der Waals surface area contributed by atoms with Crippen molar-refractivity contribution in [2.24, 2.45) is 0 Å². The second kappa shape index (κ2) is 5.48. The maximum Gasteiger partial charge on any atom is 0.0400 e. The molecular weight excluding hydrogens is 230 g/mol. The zero-order valence-electron chi connectivity index (χ0n) is 12.3. The van der Waals surface area contributed by atoms with Crippen molar-refractivity contribution < 1.29 is 0 Å². The Kier molecular flexibility index (Phi) is 3.94. The summed E-state index contributed by atoms with van der Waals surface area (Å²) in [6.07, 6.45) is 0. The van der Waals surface area contributed by atoms with Gasteiger partial charge in [0.2, 0.25) is 0 Å². The van der Waals surface area contributed by atoms with Crippen LogP contribution < -0.4 is 5.32 Å². The van der Waals surface area contributed by atoms with Crippen LogP contribution in [0.25, 0.3) is 0 Å². The molecule has 0 fully saturated rings. The van der Waals surface area contributed by atoms with Gasteiger partial charge < -0.3 is 5.32 Å². The summed E-state index contributed by atoms with van der Waals surface area (Å²) in [6, 6.07) is 17.4. The summed E-state index contributed by atoms with van der Waals surface area (Å²) in [7, 11) is 0. The molecule has 100 valence electrons. The van der Waals surface area contributed by atoms with E-state index in [1.807, 2.05) is 0 Å². The molecule has 0 aromatic heterocycles. The van der Waals surface area contributed by atoms with Crippen molar-refractivity contribution in [3.63, 3.8) is 0 Å². The lowest BCUT2D eigenvalue weighted by Gasteiger charge is -2.19. The molecule has 0 saturated heterocycles. The van der Waals surface area contributed by atoms with Gasteiger partial charge in [-0.15, -0.1) is 0 Å². The van der Waals surface area contributed by atoms with E-state index in [1.165, 1.54) is 22.4 Å². The summed E-state index contributed by atoms with van der Waals surface area (Å²) in [5, 5.41) is 3.45. The third-order valence-electron chi connectivity index (χ3n) is 3.37. The van der Waals surface area contributed by atoms with Gasteiger partial charge in [0.15, 0.2) is 0 Å². The van der Waals surface area contributed by atoms with Crippen LogP contribution in [0.4, 0.5) is 5.69 Å². The predicted molar refractivity (Wildman–Crippen MR) is 83.6 cm³/mol. The zero-order valence-corrected chi connectivity index (χ0v) is 12.3. The number of rotatable bonds is 3. The fraction of sp³-hybridized carbons (Fsp3) is 0.333. The highest BCUT2D eigenvalue weighted by molar-refractivity contribution is 5.45. The summed E-state index contributed by atoms with van der Waals surface area (Å²) in [6.45, 7) is 9.70. The van der Waals surface area contributed by atoms with Gasteiger partial charge in [0.1, 0.15) is 0 Å². The molecule has 2 rings (SSSR count). The van der Waals surface area contributed by atoms with Gasteiger partial charge in [-0.05, 0) is 35.6 Å². The van der Waals surface area contributed by atoms with Crippen LogP contribution in [0.5, 0.6) is 0 Å². The van der Waals surface area contributed by atoms with E-state index in [1.54, 1.807) is 0 Å². The molecule has 0 saturated carbocycles. The summed E-state index contributed by atoms with van der Waals surface area (Å²) < 4.78 is 0. The second-order valence-corrected chi connectivity index (χ2v) is 6.17. The molecule has 0 aliphatic carbocycles. The van der Waals surface area contributed by atoms with Gasteiger partial charge >= 0.3 is 0 Å². The van der Waals surface area contributed by atoms with Crippen LogP contribution in [-0.2, 0) is 12.0 Å². The third kappa shape index (κ3) is 3.85. The summed E-state index contributed by atoms with van der Waals surface area (Å²) in [5.74, 6) is 0. The van der Waals surface area contributed by atoms with Crippen molar-refractivity contribution >= 4 is 5.69 Å². The van der Waals surface area contributed by atoms with Gasteiger partial charge in [-0.3, -0.25) is 0 Å². The van der Waals surface area contributed by atoms with Gasteiger partial charge in [0.25, 0.3) is 0 Å². The summed E-state index contributed by atoms with van der Waals surface area (Å²) in [5.41, 5.74) is 5.38. The first-order valence-electron chi connectivity index (χ1n) is 6.85. The van der Waals surface area contributed by atoms with E-state index in [-0.39, 0.29) is 5.41 Å². The van der Waals surface area contributed by atoms with Crippen molar-refractivity contribution in [2.45, 2.75) is 39.7 Å². The average molecular weight is 253 g/mol. The molecule has 0 radical (unpaired) electrons. The Morgan fingerprint density at radius 2 is 1.42 bits per heavy atom. The highest BCUT2D eigenvalue weighted by Gasteiger charge is 2.12. The van der Waals surface area contributed by atoms with Crippen LogP contribution in [0.1, 0.15) is 37.5 Å². The third-order valence-corrected chi connectivity index (χ3v) is 3.37. The molecule has 1 nitrogen and oxygen atoms in total. The molecule has 0 amide bonds. The highest BCUT2D eigenvalue weighted by Crippen LogP contribution is 2.22. The van der Waals surface area contributed by atoms with Crippen LogP contribution in [0.15, 0.2) is 48.5 Å². The van der Waals surface area contributed by atoms with Gasteiger partial charge in [-0.2, -0.15) is 0 Å². The molecule has 0 bridgehead atoms. The van der Waals surface area contributed by atoms with Crippen molar-refractivity contribution in [3.8, 4) is 0 Å². The Labute approximate surface area is 116 Å². The number of nitrogens with one attached hydrogen (secondary N) is 1. The molecule has 0 atom stereocenters. The summed E-state index contributed by atoms with van der Waals surface area (Å²) >= 11 is 0. The molecule has 1 heteroatoms. The van der Waals surface area contributed by atoms with Crippen LogP contribution in [0.2, 0.25) is 0 Å². The molecular formula is C18H23N. The second-order valence-electron chi connectivity index (χ2n) is 6.17. The standard InChI is InChI=1S/C18H23N/c1-14-5-11-17(12-6-14)19-13-15-7-9-16(10-8-15)18(2,3)4/h5-12,19H,13H2,1-4H3. The molecule has 1 N–H and O–H groups in total. The first-order chi connectivity index (χ1) is 8.95. The van der Waals surface area contributed by atoms with E-state index in [0.717, 1.165) is 6.54 Å². The van der Waals surface area contributed by atoms with Crippen molar-refractivity contribution in [2.75, 3.05) is 5.32 Å². The van der Waals surface area contributed by atoms with Crippen molar-refractivity contribution in [1.29, 1.82) is 0 Å². The molecule has 2 aromatic rings. The first kappa shape index (κ1) is 13.7. The first-order valence-corrected chi connectivity index (χ1v) is 6.85. The molecule has 0 aliphatic rings. The average Bonchev–Trinajstić information content (AvgIpc) is 2.37. The number of hydrogen-bond acceptors (Lipinski definition) is 1. The largest absolute Gasteiger partial charge is 0.381 e. The molecule has 0 heterocycles. The summed E-state index contributed by atoms with van der Waals surface area (Å²) in [4.78, 5) is 0. The van der Waals surface area contributed by atoms with Gasteiger partial charge in [0.05, 0.1) is 0 Å². The predicted octanol–water partition coefficient (Wildman–Crippen LogP) is 4.90. The quantitative estimate of drug-likeness (QED) is 0.820. The van der Waals surface area contributed by atoms with Gasteiger partial charge in [-0.1, -0.05) is 62.7 Å². The van der Waals surface area contributed by atoms with E-state index in [9.17, 15) is 0 Å². The maximum atomic E-state index is 3.45. The minimum Gasteiger partial charge on any atom is -0.381 e. The van der Waals surface area contributed by atoms with E-state index in [0.29, 0.717) is 0 Å². The molecule has 0 unspecified atom stereocenters. The van der Waals surface area contributed by atoms with Crippen LogP contribution in [0, 0.1) is 6.92 Å². The monoisotopic (exact) mass is 253 g/mol. The smallest absolute Gasteiger partial charge is 0.0400 e. The van der Waals surface area contributed by atoms with E-state index in [4.69, 9.17) is 0 Å². The lowest BCUT2D eigenvalue weighted by molar-refractivity contribution is 0.590. The molecule has 19 heavy (non-hydrogen) atoms. The number of anilines is 1. The normalized spacial score (nSPS) is 11.4. The minimum atomic E-state index is 0.225. The van der Waals surface area contributed by atoms with E-state index in [2.05, 4.69) is 81.5 Å². The lowest BCUT2D eigenvalue weighted by atomic mass is 9.87. The van der Waals surface area contributed by atoms with E-state index < -0.39 is 0 Å². The fourth-order valence-corrected chi connectivity index (χ4v) is 2.00. The number of benzene rings is 2. The molecule has 2 aromatic carbocycles. The van der Waals surface area contributed by atoms with Gasteiger partial charge in [-0.25, -0.2) is 0 Å². The maximum absolute atomic E-state index is 3.45. The SMILES string of the molecule is Cc1ccc(NCc2ccc(C(C)(C)C)cc2)cc1. The number of aryl methyl sites for hydroxylation is 1. The Hall–Kier alpha value is -1.76. The van der Waals surface area contributed by atoms with Crippen molar-refractivity contribution in [1.82, 2.24) is 0 Å². The lowest BCUT2D eigenvalue weighted by Crippen LogP contribution is -2.11. The van der Waals surface area contributed by atoms with Crippen molar-refractivity contribution in [3.05, 3.63) is 65.2 Å². The highest BCUT2D eigenvalue weighted by atomic mass is 14.9.